The quantitative estimate of drug-likeness (QED) is 0.602. The van der Waals surface area contributed by atoms with Crippen LogP contribution in [-0.4, -0.2) is 18.4 Å². The van der Waals surface area contributed by atoms with Crippen LogP contribution in [0.3, 0.4) is 0 Å². The molecule has 4 rings (SSSR count). The normalized spacial score (nSPS) is 13.9. The summed E-state index contributed by atoms with van der Waals surface area (Å²) in [6, 6.07) is 16.0. The largest absolute Gasteiger partial charge is 0.494 e. The maximum absolute atomic E-state index is 13.3. The van der Waals surface area contributed by atoms with Crippen LogP contribution < -0.4 is 15.0 Å². The third kappa shape index (κ3) is 3.64. The van der Waals surface area contributed by atoms with Gasteiger partial charge in [-0.2, -0.15) is 0 Å². The van der Waals surface area contributed by atoms with Gasteiger partial charge in [-0.1, -0.05) is 12.1 Å². The zero-order chi connectivity index (χ0) is 20.4. The number of anilines is 2. The number of thiophene rings is 1. The van der Waals surface area contributed by atoms with Crippen molar-refractivity contribution in [3.63, 3.8) is 0 Å². The van der Waals surface area contributed by atoms with E-state index in [9.17, 15) is 14.0 Å². The minimum Gasteiger partial charge on any atom is -0.494 e. The van der Waals surface area contributed by atoms with Crippen LogP contribution in [0.15, 0.2) is 71.7 Å². The summed E-state index contributed by atoms with van der Waals surface area (Å²) < 4.78 is 18.8. The van der Waals surface area contributed by atoms with Gasteiger partial charge in [0.25, 0.3) is 11.8 Å². The first kappa shape index (κ1) is 18.9. The number of carbonyl (C=O) groups is 2. The van der Waals surface area contributed by atoms with Gasteiger partial charge in [-0.15, -0.1) is 11.3 Å². The Hall–Kier alpha value is -3.45. The van der Waals surface area contributed by atoms with Crippen LogP contribution in [0.4, 0.5) is 15.8 Å². The molecular weight excluding hydrogens is 391 g/mol. The third-order valence-electron chi connectivity index (χ3n) is 4.35. The second kappa shape index (κ2) is 7.89. The molecule has 0 saturated carbocycles. The van der Waals surface area contributed by atoms with Gasteiger partial charge in [-0.05, 0) is 54.8 Å². The minimum absolute atomic E-state index is 0.176. The number of nitrogens with zero attached hydrogens (tertiary/aromatic N) is 1. The molecular formula is C22H17FN2O3S. The lowest BCUT2D eigenvalue weighted by molar-refractivity contribution is -0.120. The van der Waals surface area contributed by atoms with Crippen LogP contribution >= 0.6 is 11.3 Å². The third-order valence-corrected chi connectivity index (χ3v) is 5.24. The maximum Gasteiger partial charge on any atom is 0.282 e. The van der Waals surface area contributed by atoms with E-state index >= 15 is 0 Å². The van der Waals surface area contributed by atoms with Crippen molar-refractivity contribution in [2.45, 2.75) is 6.92 Å². The van der Waals surface area contributed by atoms with Crippen molar-refractivity contribution < 1.29 is 18.7 Å². The van der Waals surface area contributed by atoms with Crippen molar-refractivity contribution in [2.24, 2.45) is 0 Å². The molecule has 0 fully saturated rings. The molecule has 1 aromatic heterocycles. The molecule has 0 spiro atoms. The summed E-state index contributed by atoms with van der Waals surface area (Å²) in [5, 5.41) is 4.93. The average Bonchev–Trinajstić information content (AvgIpc) is 3.31. The van der Waals surface area contributed by atoms with Gasteiger partial charge in [0.2, 0.25) is 0 Å². The summed E-state index contributed by atoms with van der Waals surface area (Å²) in [4.78, 5) is 28.1. The average molecular weight is 408 g/mol. The van der Waals surface area contributed by atoms with Gasteiger partial charge >= 0.3 is 0 Å². The molecule has 0 saturated heterocycles. The summed E-state index contributed by atoms with van der Waals surface area (Å²) in [6.07, 6.45) is 0. The van der Waals surface area contributed by atoms with Crippen molar-refractivity contribution >= 4 is 40.1 Å². The van der Waals surface area contributed by atoms with Gasteiger partial charge in [0.1, 0.15) is 17.3 Å². The Morgan fingerprint density at radius 1 is 1.03 bits per heavy atom. The fraction of sp³-hybridized carbons (Fsp3) is 0.0909. The van der Waals surface area contributed by atoms with Crippen LogP contribution in [0.5, 0.6) is 5.75 Å². The number of nitrogens with one attached hydrogen (secondary N) is 1. The number of rotatable bonds is 6. The Balaban J connectivity index is 1.75. The standard InChI is InChI=1S/C22H17FN2O3S/c1-2-28-17-6-3-5-15(13-17)24-20-19(18-7-4-12-29-18)21(26)25(22(20)27)16-10-8-14(23)9-11-16/h3-13,24H,2H2,1H3. The summed E-state index contributed by atoms with van der Waals surface area (Å²) in [6.45, 7) is 2.40. The van der Waals surface area contributed by atoms with Crippen LogP contribution in [0, 0.1) is 5.82 Å². The first-order valence-electron chi connectivity index (χ1n) is 9.01. The SMILES string of the molecule is CCOc1cccc(NC2=C(c3cccs3)C(=O)N(c3ccc(F)cc3)C2=O)c1. The molecule has 1 aliphatic heterocycles. The molecule has 0 bridgehead atoms. The lowest BCUT2D eigenvalue weighted by atomic mass is 10.2. The molecule has 146 valence electrons. The van der Waals surface area contributed by atoms with Gasteiger partial charge < -0.3 is 10.1 Å². The van der Waals surface area contributed by atoms with E-state index in [0.717, 1.165) is 4.90 Å². The number of amides is 2. The predicted molar refractivity (Wildman–Crippen MR) is 111 cm³/mol. The van der Waals surface area contributed by atoms with Crippen molar-refractivity contribution in [1.29, 1.82) is 0 Å². The number of carbonyl (C=O) groups excluding carboxylic acids is 2. The molecule has 2 amide bonds. The number of hydrogen-bond donors (Lipinski definition) is 1. The summed E-state index contributed by atoms with van der Waals surface area (Å²) in [7, 11) is 0. The van der Waals surface area contributed by atoms with E-state index in [1.807, 2.05) is 24.4 Å². The van der Waals surface area contributed by atoms with Crippen molar-refractivity contribution in [1.82, 2.24) is 0 Å². The summed E-state index contributed by atoms with van der Waals surface area (Å²) in [5.41, 5.74) is 1.41. The van der Waals surface area contributed by atoms with E-state index in [1.165, 1.54) is 35.6 Å². The Labute approximate surface area is 171 Å². The lowest BCUT2D eigenvalue weighted by Gasteiger charge is -2.15. The van der Waals surface area contributed by atoms with Gasteiger partial charge in [0, 0.05) is 16.6 Å². The van der Waals surface area contributed by atoms with Gasteiger partial charge in [0.05, 0.1) is 17.9 Å². The number of halogens is 1. The molecule has 2 heterocycles. The van der Waals surface area contributed by atoms with Crippen molar-refractivity contribution in [3.8, 4) is 5.75 Å². The Morgan fingerprint density at radius 2 is 1.83 bits per heavy atom. The molecule has 7 heteroatoms. The van der Waals surface area contributed by atoms with Gasteiger partial charge in [0.15, 0.2) is 0 Å². The van der Waals surface area contributed by atoms with Crippen LogP contribution in [0.25, 0.3) is 5.57 Å². The number of imide groups is 1. The zero-order valence-corrected chi connectivity index (χ0v) is 16.3. The summed E-state index contributed by atoms with van der Waals surface area (Å²) >= 11 is 1.37. The first-order valence-corrected chi connectivity index (χ1v) is 9.89. The second-order valence-electron chi connectivity index (χ2n) is 6.24. The van der Waals surface area contributed by atoms with Gasteiger partial charge in [-0.25, -0.2) is 9.29 Å². The minimum atomic E-state index is -0.494. The topological polar surface area (TPSA) is 58.6 Å². The highest BCUT2D eigenvalue weighted by molar-refractivity contribution is 7.11. The molecule has 0 unspecified atom stereocenters. The molecule has 2 aromatic carbocycles. The van der Waals surface area contributed by atoms with E-state index in [1.54, 1.807) is 24.3 Å². The van der Waals surface area contributed by atoms with E-state index in [2.05, 4.69) is 5.32 Å². The molecule has 3 aromatic rings. The highest BCUT2D eigenvalue weighted by atomic mass is 32.1. The van der Waals surface area contributed by atoms with E-state index < -0.39 is 17.6 Å². The fourth-order valence-corrected chi connectivity index (χ4v) is 3.86. The lowest BCUT2D eigenvalue weighted by Crippen LogP contribution is -2.32. The smallest absolute Gasteiger partial charge is 0.282 e. The Morgan fingerprint density at radius 3 is 2.52 bits per heavy atom. The van der Waals surface area contributed by atoms with E-state index in [-0.39, 0.29) is 11.3 Å². The van der Waals surface area contributed by atoms with E-state index in [4.69, 9.17) is 4.74 Å². The predicted octanol–water partition coefficient (Wildman–Crippen LogP) is 4.68. The monoisotopic (exact) mass is 408 g/mol. The maximum atomic E-state index is 13.3. The molecule has 0 radical (unpaired) electrons. The van der Waals surface area contributed by atoms with Gasteiger partial charge in [-0.3, -0.25) is 9.59 Å². The number of benzene rings is 2. The Bertz CT molecular complexity index is 1090. The van der Waals surface area contributed by atoms with Crippen molar-refractivity contribution in [2.75, 3.05) is 16.8 Å². The molecule has 5 nitrogen and oxygen atoms in total. The molecule has 0 atom stereocenters. The van der Waals surface area contributed by atoms with Crippen LogP contribution in [0.1, 0.15) is 11.8 Å². The molecule has 1 aliphatic rings. The Kier molecular flexibility index (Phi) is 5.14. The van der Waals surface area contributed by atoms with Crippen molar-refractivity contribution in [3.05, 3.63) is 82.4 Å². The number of ether oxygens (including phenoxy) is 1. The second-order valence-corrected chi connectivity index (χ2v) is 7.18. The van der Waals surface area contributed by atoms with Crippen LogP contribution in [-0.2, 0) is 9.59 Å². The highest BCUT2D eigenvalue weighted by Crippen LogP contribution is 2.35. The zero-order valence-electron chi connectivity index (χ0n) is 15.5. The molecule has 29 heavy (non-hydrogen) atoms. The van der Waals surface area contributed by atoms with E-state index in [0.29, 0.717) is 28.6 Å². The number of hydrogen-bond acceptors (Lipinski definition) is 5. The molecule has 1 N–H and O–H groups in total. The fourth-order valence-electron chi connectivity index (χ4n) is 3.09. The summed E-state index contributed by atoms with van der Waals surface area (Å²) in [5.74, 6) is -0.729. The first-order chi connectivity index (χ1) is 14.1. The molecule has 0 aliphatic carbocycles. The highest BCUT2D eigenvalue weighted by Gasteiger charge is 2.40. The van der Waals surface area contributed by atoms with Crippen LogP contribution in [0.2, 0.25) is 0 Å².